The van der Waals surface area contributed by atoms with Crippen molar-refractivity contribution in [3.05, 3.63) is 11.7 Å². The second-order valence-corrected chi connectivity index (χ2v) is 6.59. The van der Waals surface area contributed by atoms with Crippen LogP contribution in [-0.4, -0.2) is 28.5 Å². The molecule has 114 valence electrons. The lowest BCUT2D eigenvalue weighted by Crippen LogP contribution is -2.37. The minimum atomic E-state index is -0.730. The molecule has 2 atom stereocenters. The summed E-state index contributed by atoms with van der Waals surface area (Å²) in [6.45, 7) is 6.12. The fraction of sp³-hybridized carbons (Fsp3) is 0.857. The number of aromatic nitrogens is 2. The highest BCUT2D eigenvalue weighted by molar-refractivity contribution is 5.06. The van der Waals surface area contributed by atoms with Crippen molar-refractivity contribution in [3.8, 4) is 0 Å². The molecule has 1 saturated carbocycles. The lowest BCUT2D eigenvalue weighted by molar-refractivity contribution is -0.0740. The van der Waals surface area contributed by atoms with Crippen molar-refractivity contribution in [2.24, 2.45) is 11.1 Å². The van der Waals surface area contributed by atoms with Gasteiger partial charge in [-0.15, -0.1) is 0 Å². The average Bonchev–Trinajstić information content (AvgIpc) is 2.88. The minimum Gasteiger partial charge on any atom is -0.391 e. The molecule has 1 aromatic heterocycles. The number of hydrogen-bond acceptors (Lipinski definition) is 6. The Labute approximate surface area is 119 Å². The quantitative estimate of drug-likeness (QED) is 0.876. The van der Waals surface area contributed by atoms with Gasteiger partial charge < -0.3 is 20.1 Å². The Morgan fingerprint density at radius 1 is 1.30 bits per heavy atom. The molecule has 6 nitrogen and oxygen atoms in total. The van der Waals surface area contributed by atoms with Gasteiger partial charge in [-0.05, 0) is 38.0 Å². The number of ether oxygens (including phenoxy) is 1. The van der Waals surface area contributed by atoms with Crippen molar-refractivity contribution >= 4 is 0 Å². The summed E-state index contributed by atoms with van der Waals surface area (Å²) in [4.78, 5) is 4.36. The molecule has 0 aliphatic heterocycles. The van der Waals surface area contributed by atoms with E-state index in [0.717, 1.165) is 25.7 Å². The maximum atomic E-state index is 9.50. The van der Waals surface area contributed by atoms with Crippen LogP contribution in [-0.2, 0) is 10.3 Å². The van der Waals surface area contributed by atoms with E-state index in [2.05, 4.69) is 24.0 Å². The Morgan fingerprint density at radius 2 is 1.90 bits per heavy atom. The van der Waals surface area contributed by atoms with Gasteiger partial charge in [-0.2, -0.15) is 4.98 Å². The third-order valence-electron chi connectivity index (χ3n) is 4.46. The molecular formula is C14H25N3O3. The highest BCUT2D eigenvalue weighted by Crippen LogP contribution is 2.46. The summed E-state index contributed by atoms with van der Waals surface area (Å²) in [7, 11) is 1.68. The van der Waals surface area contributed by atoms with E-state index in [1.54, 1.807) is 14.0 Å². The standard InChI is InChI=1S/C14H25N3O3/c1-9(18)10(15)11-16-12(17-20-11)14(19-4)7-5-13(2,3)6-8-14/h9-10,18H,5-8,15H2,1-4H3/t9-,10+/m1/s1. The molecule has 0 unspecified atom stereocenters. The fourth-order valence-electron chi connectivity index (χ4n) is 2.61. The van der Waals surface area contributed by atoms with Crippen LogP contribution in [0.2, 0.25) is 0 Å². The summed E-state index contributed by atoms with van der Waals surface area (Å²) >= 11 is 0. The summed E-state index contributed by atoms with van der Waals surface area (Å²) in [6.07, 6.45) is 3.09. The summed E-state index contributed by atoms with van der Waals surface area (Å²) in [5, 5.41) is 13.5. The van der Waals surface area contributed by atoms with E-state index in [1.807, 2.05) is 0 Å². The molecule has 1 heterocycles. The van der Waals surface area contributed by atoms with Crippen LogP contribution in [0, 0.1) is 5.41 Å². The molecule has 6 heteroatoms. The molecule has 1 aromatic rings. The molecule has 3 N–H and O–H groups in total. The summed E-state index contributed by atoms with van der Waals surface area (Å²) < 4.78 is 10.9. The highest BCUT2D eigenvalue weighted by Gasteiger charge is 2.43. The number of nitrogens with zero attached hydrogens (tertiary/aromatic N) is 2. The predicted octanol–water partition coefficient (Wildman–Crippen LogP) is 1.89. The molecule has 0 amide bonds. The normalized spacial score (nSPS) is 24.3. The first-order chi connectivity index (χ1) is 9.30. The SMILES string of the molecule is COC1(c2noc([C@@H](N)[C@@H](C)O)n2)CCC(C)(C)CC1. The molecule has 0 radical (unpaired) electrons. The molecule has 1 aliphatic carbocycles. The van der Waals surface area contributed by atoms with Gasteiger partial charge in [0.15, 0.2) is 0 Å². The molecular weight excluding hydrogens is 258 g/mol. The molecule has 20 heavy (non-hydrogen) atoms. The van der Waals surface area contributed by atoms with Gasteiger partial charge in [0.25, 0.3) is 0 Å². The van der Waals surface area contributed by atoms with Crippen LogP contribution in [0.25, 0.3) is 0 Å². The molecule has 0 saturated heterocycles. The van der Waals surface area contributed by atoms with Crippen molar-refractivity contribution in [2.75, 3.05) is 7.11 Å². The third kappa shape index (κ3) is 2.87. The first kappa shape index (κ1) is 15.4. The Balaban J connectivity index is 2.21. The molecule has 0 bridgehead atoms. The topological polar surface area (TPSA) is 94.4 Å². The van der Waals surface area contributed by atoms with Gasteiger partial charge in [0.05, 0.1) is 6.10 Å². The summed E-state index contributed by atoms with van der Waals surface area (Å²) in [5.41, 5.74) is 5.65. The first-order valence-corrected chi connectivity index (χ1v) is 7.12. The summed E-state index contributed by atoms with van der Waals surface area (Å²) in [6, 6.07) is -0.662. The van der Waals surface area contributed by atoms with E-state index in [9.17, 15) is 5.11 Å². The van der Waals surface area contributed by atoms with Gasteiger partial charge in [-0.3, -0.25) is 0 Å². The van der Waals surface area contributed by atoms with E-state index >= 15 is 0 Å². The molecule has 1 aliphatic rings. The van der Waals surface area contributed by atoms with Crippen LogP contribution >= 0.6 is 0 Å². The Hall–Kier alpha value is -0.980. The average molecular weight is 283 g/mol. The monoisotopic (exact) mass is 283 g/mol. The maximum absolute atomic E-state index is 9.50. The van der Waals surface area contributed by atoms with E-state index in [0.29, 0.717) is 11.2 Å². The van der Waals surface area contributed by atoms with Crippen LogP contribution in [0.1, 0.15) is 64.2 Å². The number of aliphatic hydroxyl groups excluding tert-OH is 1. The largest absolute Gasteiger partial charge is 0.391 e. The van der Waals surface area contributed by atoms with Gasteiger partial charge in [-0.1, -0.05) is 19.0 Å². The van der Waals surface area contributed by atoms with Crippen molar-refractivity contribution in [2.45, 2.75) is 64.2 Å². The lowest BCUT2D eigenvalue weighted by atomic mass is 9.70. The number of aliphatic hydroxyl groups is 1. The van der Waals surface area contributed by atoms with E-state index in [4.69, 9.17) is 15.0 Å². The molecule has 0 aromatic carbocycles. The number of methoxy groups -OCH3 is 1. The van der Waals surface area contributed by atoms with Crippen molar-refractivity contribution in [1.29, 1.82) is 0 Å². The fourth-order valence-corrected chi connectivity index (χ4v) is 2.61. The van der Waals surface area contributed by atoms with Crippen LogP contribution in [0.4, 0.5) is 0 Å². The van der Waals surface area contributed by atoms with Gasteiger partial charge in [0.1, 0.15) is 11.6 Å². The molecule has 1 fully saturated rings. The zero-order chi connectivity index (χ0) is 15.0. The smallest absolute Gasteiger partial charge is 0.246 e. The van der Waals surface area contributed by atoms with E-state index < -0.39 is 17.7 Å². The highest BCUT2D eigenvalue weighted by atomic mass is 16.5. The van der Waals surface area contributed by atoms with E-state index in [1.165, 1.54) is 0 Å². The Kier molecular flexibility index (Phi) is 4.18. The first-order valence-electron chi connectivity index (χ1n) is 7.12. The lowest BCUT2D eigenvalue weighted by Gasteiger charge is -2.40. The van der Waals surface area contributed by atoms with Gasteiger partial charge >= 0.3 is 0 Å². The van der Waals surface area contributed by atoms with Crippen molar-refractivity contribution in [1.82, 2.24) is 10.1 Å². The molecule has 2 rings (SSSR count). The van der Waals surface area contributed by atoms with Crippen molar-refractivity contribution < 1.29 is 14.4 Å². The number of hydrogen-bond donors (Lipinski definition) is 2. The van der Waals surface area contributed by atoms with Crippen molar-refractivity contribution in [3.63, 3.8) is 0 Å². The Morgan fingerprint density at radius 3 is 2.40 bits per heavy atom. The Bertz CT molecular complexity index is 446. The number of rotatable bonds is 4. The van der Waals surface area contributed by atoms with Gasteiger partial charge in [-0.25, -0.2) is 0 Å². The predicted molar refractivity (Wildman–Crippen MR) is 73.8 cm³/mol. The van der Waals surface area contributed by atoms with Crippen LogP contribution in [0.3, 0.4) is 0 Å². The summed E-state index contributed by atoms with van der Waals surface area (Å²) in [5.74, 6) is 0.804. The van der Waals surface area contributed by atoms with Crippen LogP contribution < -0.4 is 5.73 Å². The van der Waals surface area contributed by atoms with Gasteiger partial charge in [0, 0.05) is 7.11 Å². The van der Waals surface area contributed by atoms with Crippen LogP contribution in [0.5, 0.6) is 0 Å². The second-order valence-electron chi connectivity index (χ2n) is 6.59. The second kappa shape index (κ2) is 5.42. The van der Waals surface area contributed by atoms with Crippen LogP contribution in [0.15, 0.2) is 4.52 Å². The number of nitrogens with two attached hydrogens (primary N) is 1. The molecule has 0 spiro atoms. The minimum absolute atomic E-state index is 0.260. The van der Waals surface area contributed by atoms with Gasteiger partial charge in [0.2, 0.25) is 11.7 Å². The third-order valence-corrected chi connectivity index (χ3v) is 4.46. The zero-order valence-corrected chi connectivity index (χ0v) is 12.7. The van der Waals surface area contributed by atoms with E-state index in [-0.39, 0.29) is 5.89 Å². The zero-order valence-electron chi connectivity index (χ0n) is 12.7. The maximum Gasteiger partial charge on any atom is 0.246 e.